The third-order valence-electron chi connectivity index (χ3n) is 2.74. The van der Waals surface area contributed by atoms with Gasteiger partial charge >= 0.3 is 0 Å². The number of fused-ring (bicyclic) bond motifs is 3. The molecule has 74 valence electrons. The number of hydrogen-bond donors (Lipinski definition) is 0. The van der Waals surface area contributed by atoms with Crippen molar-refractivity contribution in [3.05, 3.63) is 71.9 Å². The van der Waals surface area contributed by atoms with E-state index in [1.807, 2.05) is 12.2 Å². The smallest absolute Gasteiger partial charge is 0.114 e. The van der Waals surface area contributed by atoms with Gasteiger partial charge in [0.2, 0.25) is 0 Å². The van der Waals surface area contributed by atoms with Crippen molar-refractivity contribution in [2.75, 3.05) is 0 Å². The Labute approximate surface area is 89.4 Å². The van der Waals surface area contributed by atoms with Crippen molar-refractivity contribution in [2.45, 2.75) is 12.2 Å². The lowest BCUT2D eigenvalue weighted by Gasteiger charge is -2.06. The first-order valence-electron chi connectivity index (χ1n) is 5.21. The van der Waals surface area contributed by atoms with Crippen LogP contribution in [0.1, 0.15) is 0 Å². The van der Waals surface area contributed by atoms with Crippen LogP contribution in [-0.2, 0) is 4.74 Å². The topological polar surface area (TPSA) is 12.5 Å². The molecule has 2 atom stereocenters. The normalized spacial score (nSPS) is 46.9. The molecule has 0 N–H and O–H groups in total. The minimum atomic E-state index is 0.258. The van der Waals surface area contributed by atoms with E-state index in [1.165, 1.54) is 11.1 Å². The monoisotopic (exact) mass is 196 g/mol. The molecule has 0 aromatic carbocycles. The molecule has 2 aliphatic carbocycles. The summed E-state index contributed by atoms with van der Waals surface area (Å²) in [5.74, 6) is 0. The Hall–Kier alpha value is -1.60. The van der Waals surface area contributed by atoms with Crippen LogP contribution < -0.4 is 0 Å². The van der Waals surface area contributed by atoms with E-state index in [0.29, 0.717) is 0 Å². The summed E-state index contributed by atoms with van der Waals surface area (Å²) in [5, 5.41) is 0. The van der Waals surface area contributed by atoms with Gasteiger partial charge in [-0.3, -0.25) is 0 Å². The lowest BCUT2D eigenvalue weighted by molar-refractivity contribution is 0.408. The maximum absolute atomic E-state index is 5.61. The molecule has 2 unspecified atom stereocenters. The molecular formula is C14H12O. The van der Waals surface area contributed by atoms with Crippen LogP contribution in [0.2, 0.25) is 0 Å². The molecule has 1 aliphatic heterocycles. The van der Waals surface area contributed by atoms with Gasteiger partial charge in [0.15, 0.2) is 0 Å². The van der Waals surface area contributed by atoms with Crippen molar-refractivity contribution in [1.82, 2.24) is 0 Å². The minimum absolute atomic E-state index is 0.258. The van der Waals surface area contributed by atoms with E-state index in [2.05, 4.69) is 48.6 Å². The molecule has 1 heterocycles. The SMILES string of the molecule is C1=C/C=C2/C=C\C=C/C3OC3/C2=C/C=C\1. The molecule has 0 spiro atoms. The second kappa shape index (κ2) is 3.52. The molecule has 1 fully saturated rings. The van der Waals surface area contributed by atoms with Gasteiger partial charge in [0.1, 0.15) is 12.2 Å². The predicted molar refractivity (Wildman–Crippen MR) is 61.4 cm³/mol. The van der Waals surface area contributed by atoms with Crippen molar-refractivity contribution in [3.8, 4) is 0 Å². The predicted octanol–water partition coefficient (Wildman–Crippen LogP) is 2.86. The van der Waals surface area contributed by atoms with Gasteiger partial charge in [-0.2, -0.15) is 0 Å². The number of allylic oxidation sites excluding steroid dienone is 9. The number of ether oxygens (including phenoxy) is 1. The van der Waals surface area contributed by atoms with Crippen molar-refractivity contribution in [3.63, 3.8) is 0 Å². The molecule has 1 saturated heterocycles. The summed E-state index contributed by atoms with van der Waals surface area (Å²) in [6.45, 7) is 0. The molecule has 0 radical (unpaired) electrons. The van der Waals surface area contributed by atoms with Crippen LogP contribution in [0.15, 0.2) is 71.9 Å². The molecular weight excluding hydrogens is 184 g/mol. The van der Waals surface area contributed by atoms with Crippen LogP contribution in [0.4, 0.5) is 0 Å². The fourth-order valence-corrected chi connectivity index (χ4v) is 1.90. The third kappa shape index (κ3) is 1.66. The highest BCUT2D eigenvalue weighted by molar-refractivity contribution is 5.51. The summed E-state index contributed by atoms with van der Waals surface area (Å²) in [6.07, 6.45) is 21.4. The zero-order valence-corrected chi connectivity index (χ0v) is 8.34. The van der Waals surface area contributed by atoms with E-state index >= 15 is 0 Å². The van der Waals surface area contributed by atoms with Crippen molar-refractivity contribution in [1.29, 1.82) is 0 Å². The van der Waals surface area contributed by atoms with Gasteiger partial charge in [0.25, 0.3) is 0 Å². The highest BCUT2D eigenvalue weighted by Gasteiger charge is 2.40. The first-order chi connectivity index (χ1) is 7.45. The lowest BCUT2D eigenvalue weighted by atomic mass is 9.96. The van der Waals surface area contributed by atoms with E-state index in [1.54, 1.807) is 0 Å². The fourth-order valence-electron chi connectivity index (χ4n) is 1.90. The first-order valence-corrected chi connectivity index (χ1v) is 5.21. The van der Waals surface area contributed by atoms with E-state index in [4.69, 9.17) is 4.74 Å². The molecule has 0 aromatic heterocycles. The summed E-state index contributed by atoms with van der Waals surface area (Å²) in [7, 11) is 0. The van der Waals surface area contributed by atoms with Gasteiger partial charge < -0.3 is 4.74 Å². The van der Waals surface area contributed by atoms with E-state index in [-0.39, 0.29) is 12.2 Å². The second-order valence-electron chi connectivity index (χ2n) is 3.78. The molecule has 15 heavy (non-hydrogen) atoms. The summed E-state index contributed by atoms with van der Waals surface area (Å²) >= 11 is 0. The molecule has 0 bridgehead atoms. The summed E-state index contributed by atoms with van der Waals surface area (Å²) in [6, 6.07) is 0. The average molecular weight is 196 g/mol. The van der Waals surface area contributed by atoms with Crippen LogP contribution in [0, 0.1) is 0 Å². The molecule has 1 heteroatoms. The Morgan fingerprint density at radius 3 is 2.67 bits per heavy atom. The van der Waals surface area contributed by atoms with Gasteiger partial charge in [0, 0.05) is 0 Å². The van der Waals surface area contributed by atoms with E-state index < -0.39 is 0 Å². The fraction of sp³-hybridized carbons (Fsp3) is 0.143. The van der Waals surface area contributed by atoms with E-state index in [9.17, 15) is 0 Å². The molecule has 0 amide bonds. The van der Waals surface area contributed by atoms with Crippen LogP contribution in [0.3, 0.4) is 0 Å². The Morgan fingerprint density at radius 2 is 1.73 bits per heavy atom. The Kier molecular flexibility index (Phi) is 2.04. The largest absolute Gasteiger partial charge is 0.360 e. The molecule has 3 aliphatic rings. The highest BCUT2D eigenvalue weighted by atomic mass is 16.6. The first kappa shape index (κ1) is 8.69. The quantitative estimate of drug-likeness (QED) is 0.543. The molecule has 1 nitrogen and oxygen atoms in total. The maximum Gasteiger partial charge on any atom is 0.114 e. The van der Waals surface area contributed by atoms with Crippen LogP contribution in [-0.4, -0.2) is 12.2 Å². The maximum atomic E-state index is 5.61. The number of rotatable bonds is 0. The van der Waals surface area contributed by atoms with Gasteiger partial charge in [-0.05, 0) is 11.1 Å². The summed E-state index contributed by atoms with van der Waals surface area (Å²) in [4.78, 5) is 0. The van der Waals surface area contributed by atoms with Gasteiger partial charge in [0.05, 0.1) is 0 Å². The summed E-state index contributed by atoms with van der Waals surface area (Å²) in [5.41, 5.74) is 2.52. The minimum Gasteiger partial charge on any atom is -0.360 e. The van der Waals surface area contributed by atoms with Crippen LogP contribution in [0.25, 0.3) is 0 Å². The average Bonchev–Trinajstić information content (AvgIpc) is 2.91. The van der Waals surface area contributed by atoms with E-state index in [0.717, 1.165) is 0 Å². The van der Waals surface area contributed by atoms with Crippen molar-refractivity contribution in [2.24, 2.45) is 0 Å². The zero-order valence-electron chi connectivity index (χ0n) is 8.34. The lowest BCUT2D eigenvalue weighted by Crippen LogP contribution is -2.00. The van der Waals surface area contributed by atoms with Gasteiger partial charge in [-0.15, -0.1) is 0 Å². The van der Waals surface area contributed by atoms with Crippen LogP contribution in [0.5, 0.6) is 0 Å². The Bertz CT molecular complexity index is 444. The third-order valence-corrected chi connectivity index (χ3v) is 2.74. The zero-order chi connectivity index (χ0) is 10.1. The Morgan fingerprint density at radius 1 is 0.867 bits per heavy atom. The molecule has 0 saturated carbocycles. The van der Waals surface area contributed by atoms with Crippen molar-refractivity contribution >= 4 is 0 Å². The number of hydrogen-bond acceptors (Lipinski definition) is 1. The second-order valence-corrected chi connectivity index (χ2v) is 3.78. The van der Waals surface area contributed by atoms with Gasteiger partial charge in [-0.25, -0.2) is 0 Å². The Balaban J connectivity index is 2.05. The van der Waals surface area contributed by atoms with Gasteiger partial charge in [-0.1, -0.05) is 60.8 Å². The summed E-state index contributed by atoms with van der Waals surface area (Å²) < 4.78 is 5.61. The molecule has 3 rings (SSSR count). The highest BCUT2D eigenvalue weighted by Crippen LogP contribution is 2.36. The number of epoxide rings is 1. The standard InChI is InChI=1S/C14H12O/c1-2-4-9-12-11(7-3-1)8-5-6-10-13-14(12)15-13/h1-10,13-14H/b2-1?,3-1-,4-2-,7-3?,8-5-,9-4?,10-6-,11-7-,12-9+,12-11?. The molecule has 0 aromatic rings. The van der Waals surface area contributed by atoms with Crippen LogP contribution >= 0.6 is 0 Å². The van der Waals surface area contributed by atoms with Crippen molar-refractivity contribution < 1.29 is 4.74 Å².